The van der Waals surface area contributed by atoms with Crippen LogP contribution in [0.3, 0.4) is 0 Å². The second-order valence-corrected chi connectivity index (χ2v) is 6.49. The van der Waals surface area contributed by atoms with E-state index in [4.69, 9.17) is 4.74 Å². The lowest BCUT2D eigenvalue weighted by atomic mass is 10.1. The number of hydrogen-bond donors (Lipinski definition) is 2. The summed E-state index contributed by atoms with van der Waals surface area (Å²) in [5.41, 5.74) is 0.596. The zero-order valence-electron chi connectivity index (χ0n) is 18.0. The molecule has 1 aromatic rings. The summed E-state index contributed by atoms with van der Waals surface area (Å²) in [6.45, 7) is 7.05. The molecule has 6 nitrogen and oxygen atoms in total. The Bertz CT molecular complexity index is 602. The molecular weight excluding hydrogens is 493 g/mol. The van der Waals surface area contributed by atoms with Gasteiger partial charge in [0.15, 0.2) is 5.96 Å². The average Bonchev–Trinajstić information content (AvgIpc) is 2.68. The van der Waals surface area contributed by atoms with Crippen LogP contribution in [0.4, 0.5) is 8.78 Å². The minimum atomic E-state index is -2.89. The van der Waals surface area contributed by atoms with Crippen LogP contribution in [-0.2, 0) is 6.54 Å². The van der Waals surface area contributed by atoms with Crippen LogP contribution in [0.2, 0.25) is 0 Å². The molecule has 0 aromatic heterocycles. The maximum absolute atomic E-state index is 12.7. The molecule has 0 aliphatic carbocycles. The molecule has 168 valence electrons. The molecule has 0 saturated heterocycles. The first-order valence-corrected chi connectivity index (χ1v) is 9.74. The van der Waals surface area contributed by atoms with Crippen LogP contribution in [-0.4, -0.2) is 57.3 Å². The Morgan fingerprint density at radius 1 is 1.24 bits per heavy atom. The average molecular weight is 528 g/mol. The maximum atomic E-state index is 12.7. The Morgan fingerprint density at radius 2 is 1.93 bits per heavy atom. The second-order valence-electron chi connectivity index (χ2n) is 6.49. The number of rotatable bonds is 12. The first-order chi connectivity index (χ1) is 13.4. The van der Waals surface area contributed by atoms with Gasteiger partial charge < -0.3 is 25.0 Å². The number of hydrogen-bond acceptors (Lipinski definition) is 4. The normalized spacial score (nSPS) is 12.5. The monoisotopic (exact) mass is 528 g/mol. The van der Waals surface area contributed by atoms with Crippen molar-refractivity contribution in [2.75, 3.05) is 33.8 Å². The van der Waals surface area contributed by atoms with Crippen molar-refractivity contribution in [3.63, 3.8) is 0 Å². The Kier molecular flexibility index (Phi) is 14.8. The van der Waals surface area contributed by atoms with Gasteiger partial charge in [0.2, 0.25) is 0 Å². The van der Waals surface area contributed by atoms with E-state index in [1.54, 1.807) is 19.2 Å². The quantitative estimate of drug-likeness (QED) is 0.243. The van der Waals surface area contributed by atoms with E-state index >= 15 is 0 Å². The molecule has 1 rings (SSSR count). The van der Waals surface area contributed by atoms with Gasteiger partial charge in [-0.2, -0.15) is 8.78 Å². The van der Waals surface area contributed by atoms with Crippen LogP contribution in [0.15, 0.2) is 23.2 Å². The van der Waals surface area contributed by atoms with Crippen LogP contribution in [0.25, 0.3) is 0 Å². The molecule has 0 aliphatic heterocycles. The molecule has 0 amide bonds. The Balaban J connectivity index is 0.00000784. The van der Waals surface area contributed by atoms with Crippen molar-refractivity contribution < 1.29 is 18.3 Å². The highest BCUT2D eigenvalue weighted by Gasteiger charge is 2.12. The number of ether oxygens (including phenoxy) is 2. The van der Waals surface area contributed by atoms with Crippen molar-refractivity contribution in [1.29, 1.82) is 0 Å². The number of nitrogens with zero attached hydrogens (tertiary/aromatic N) is 2. The molecule has 1 aromatic carbocycles. The third-order valence-corrected chi connectivity index (χ3v) is 4.55. The highest BCUT2D eigenvalue weighted by atomic mass is 127. The fourth-order valence-corrected chi connectivity index (χ4v) is 2.85. The van der Waals surface area contributed by atoms with Crippen LogP contribution in [0.1, 0.15) is 39.2 Å². The summed E-state index contributed by atoms with van der Waals surface area (Å²) in [7, 11) is 3.16. The Morgan fingerprint density at radius 3 is 2.48 bits per heavy atom. The number of alkyl halides is 2. The van der Waals surface area contributed by atoms with E-state index in [1.165, 1.54) is 13.2 Å². The molecule has 0 radical (unpaired) electrons. The van der Waals surface area contributed by atoms with Gasteiger partial charge in [0, 0.05) is 31.3 Å². The number of methoxy groups -OCH3 is 1. The SMILES string of the molecule is CCN(CC)CCCC(C)NC(=NC)NCc1ccc(OC)cc1OC(F)F.I. The summed E-state index contributed by atoms with van der Waals surface area (Å²) < 4.78 is 35.0. The summed E-state index contributed by atoms with van der Waals surface area (Å²) in [5.74, 6) is 1.17. The number of guanidine groups is 1. The molecule has 0 aliphatic rings. The third kappa shape index (κ3) is 10.8. The lowest BCUT2D eigenvalue weighted by Gasteiger charge is -2.21. The summed E-state index contributed by atoms with van der Waals surface area (Å²) in [6, 6.07) is 5.11. The first kappa shape index (κ1) is 27.6. The van der Waals surface area contributed by atoms with Crippen LogP contribution in [0, 0.1) is 0 Å². The molecule has 0 saturated carbocycles. The van der Waals surface area contributed by atoms with Crippen LogP contribution in [0.5, 0.6) is 11.5 Å². The topological polar surface area (TPSA) is 58.1 Å². The molecule has 0 heterocycles. The van der Waals surface area contributed by atoms with Crippen molar-refractivity contribution in [2.45, 2.75) is 52.8 Å². The van der Waals surface area contributed by atoms with Gasteiger partial charge in [-0.15, -0.1) is 24.0 Å². The van der Waals surface area contributed by atoms with Gasteiger partial charge >= 0.3 is 6.61 Å². The fraction of sp³-hybridized carbons (Fsp3) is 0.650. The molecule has 0 spiro atoms. The summed E-state index contributed by atoms with van der Waals surface area (Å²) >= 11 is 0. The number of halogens is 3. The Labute approximate surface area is 190 Å². The second kappa shape index (κ2) is 15.5. The predicted octanol–water partition coefficient (Wildman–Crippen LogP) is 4.09. The van der Waals surface area contributed by atoms with Gasteiger partial charge in [-0.25, -0.2) is 0 Å². The highest BCUT2D eigenvalue weighted by Crippen LogP contribution is 2.26. The Hall–Kier alpha value is -1.36. The van der Waals surface area contributed by atoms with Crippen molar-refractivity contribution in [2.24, 2.45) is 4.99 Å². The molecule has 29 heavy (non-hydrogen) atoms. The van der Waals surface area contributed by atoms with Gasteiger partial charge in [0.25, 0.3) is 0 Å². The predicted molar refractivity (Wildman–Crippen MR) is 125 cm³/mol. The highest BCUT2D eigenvalue weighted by molar-refractivity contribution is 14.0. The lowest BCUT2D eigenvalue weighted by Crippen LogP contribution is -2.42. The summed E-state index contributed by atoms with van der Waals surface area (Å²) in [4.78, 5) is 6.61. The van der Waals surface area contributed by atoms with Crippen LogP contribution < -0.4 is 20.1 Å². The van der Waals surface area contributed by atoms with Gasteiger partial charge in [-0.1, -0.05) is 13.8 Å². The standard InChI is InChI=1S/C20H34F2N4O2.HI/c1-6-26(7-2)12-8-9-15(3)25-20(23-4)24-14-16-10-11-17(27-5)13-18(16)28-19(21)22;/h10-11,13,15,19H,6-9,12,14H2,1-5H3,(H2,23,24,25);1H. The van der Waals surface area contributed by atoms with E-state index in [0.717, 1.165) is 32.5 Å². The molecule has 1 atom stereocenters. The van der Waals surface area contributed by atoms with Crippen molar-refractivity contribution in [3.8, 4) is 11.5 Å². The summed E-state index contributed by atoms with van der Waals surface area (Å²) in [5, 5.41) is 6.49. The summed E-state index contributed by atoms with van der Waals surface area (Å²) in [6.07, 6.45) is 2.11. The number of aliphatic imine (C=N–C) groups is 1. The largest absolute Gasteiger partial charge is 0.497 e. The maximum Gasteiger partial charge on any atom is 0.387 e. The zero-order chi connectivity index (χ0) is 20.9. The molecule has 2 N–H and O–H groups in total. The lowest BCUT2D eigenvalue weighted by molar-refractivity contribution is -0.0505. The number of benzene rings is 1. The molecular formula is C20H35F2IN4O2. The molecule has 9 heteroatoms. The smallest absolute Gasteiger partial charge is 0.387 e. The molecule has 0 bridgehead atoms. The van der Waals surface area contributed by atoms with Crippen molar-refractivity contribution in [3.05, 3.63) is 23.8 Å². The minimum Gasteiger partial charge on any atom is -0.497 e. The van der Waals surface area contributed by atoms with Gasteiger partial charge in [0.1, 0.15) is 11.5 Å². The van der Waals surface area contributed by atoms with Gasteiger partial charge in [-0.05, 0) is 51.5 Å². The number of nitrogens with one attached hydrogen (secondary N) is 2. The van der Waals surface area contributed by atoms with E-state index in [1.807, 2.05) is 0 Å². The van der Waals surface area contributed by atoms with Crippen molar-refractivity contribution >= 4 is 29.9 Å². The molecule has 1 unspecified atom stereocenters. The van der Waals surface area contributed by atoms with E-state index in [0.29, 0.717) is 23.8 Å². The third-order valence-electron chi connectivity index (χ3n) is 4.55. The van der Waals surface area contributed by atoms with E-state index in [9.17, 15) is 8.78 Å². The van der Waals surface area contributed by atoms with E-state index in [-0.39, 0.29) is 35.8 Å². The van der Waals surface area contributed by atoms with Crippen molar-refractivity contribution in [1.82, 2.24) is 15.5 Å². The van der Waals surface area contributed by atoms with E-state index in [2.05, 4.69) is 46.0 Å². The van der Waals surface area contributed by atoms with Gasteiger partial charge in [0.05, 0.1) is 7.11 Å². The fourth-order valence-electron chi connectivity index (χ4n) is 2.85. The minimum absolute atomic E-state index is 0. The van der Waals surface area contributed by atoms with Gasteiger partial charge in [-0.3, -0.25) is 4.99 Å². The zero-order valence-corrected chi connectivity index (χ0v) is 20.3. The van der Waals surface area contributed by atoms with E-state index < -0.39 is 6.61 Å². The first-order valence-electron chi connectivity index (χ1n) is 9.74. The molecule has 0 fully saturated rings. The van der Waals surface area contributed by atoms with Crippen LogP contribution >= 0.6 is 24.0 Å².